The molecule has 108 valence electrons. The summed E-state index contributed by atoms with van der Waals surface area (Å²) in [6.07, 6.45) is 1.26. The Morgan fingerprint density at radius 2 is 2.10 bits per heavy atom. The van der Waals surface area contributed by atoms with Crippen molar-refractivity contribution in [3.63, 3.8) is 0 Å². The van der Waals surface area contributed by atoms with E-state index >= 15 is 0 Å². The first-order valence-electron chi connectivity index (χ1n) is 5.74. The second-order valence-electron chi connectivity index (χ2n) is 4.84. The van der Waals surface area contributed by atoms with Gasteiger partial charge in [-0.25, -0.2) is 18.6 Å². The Hall–Kier alpha value is -2.00. The van der Waals surface area contributed by atoms with Crippen molar-refractivity contribution in [1.29, 1.82) is 0 Å². The van der Waals surface area contributed by atoms with Crippen molar-refractivity contribution in [2.75, 3.05) is 0 Å². The Balaban J connectivity index is 2.17. The van der Waals surface area contributed by atoms with Crippen molar-refractivity contribution in [2.45, 2.75) is 25.1 Å². The lowest BCUT2D eigenvalue weighted by atomic mass is 10.2. The number of sulfonamides is 1. The summed E-state index contributed by atoms with van der Waals surface area (Å²) >= 11 is 0. The Morgan fingerprint density at radius 3 is 2.55 bits per heavy atom. The summed E-state index contributed by atoms with van der Waals surface area (Å²) in [5.74, 6) is 4.01. The third-order valence-corrected chi connectivity index (χ3v) is 5.54. The molecule has 2 amide bonds. The predicted molar refractivity (Wildman–Crippen MR) is 69.4 cm³/mol. The molecular formula is C11H14N4O4S. The Labute approximate surface area is 116 Å². The zero-order valence-corrected chi connectivity index (χ0v) is 11.8. The maximum atomic E-state index is 11.9. The van der Waals surface area contributed by atoms with Crippen LogP contribution in [0.1, 0.15) is 29.9 Å². The number of hydrogen-bond donors (Lipinski definition) is 2. The van der Waals surface area contributed by atoms with Gasteiger partial charge < -0.3 is 0 Å². The van der Waals surface area contributed by atoms with E-state index in [1.165, 1.54) is 32.2 Å². The molecule has 2 rings (SSSR count). The zero-order chi connectivity index (χ0) is 15.1. The van der Waals surface area contributed by atoms with Gasteiger partial charge in [-0.05, 0) is 26.0 Å². The van der Waals surface area contributed by atoms with Crippen molar-refractivity contribution < 1.29 is 18.0 Å². The van der Waals surface area contributed by atoms with E-state index in [1.807, 2.05) is 5.43 Å². The first kappa shape index (κ1) is 14.4. The summed E-state index contributed by atoms with van der Waals surface area (Å²) in [5.41, 5.74) is 2.57. The summed E-state index contributed by atoms with van der Waals surface area (Å²) in [6.45, 7) is 2.58. The average Bonchev–Trinajstić information content (AvgIpc) is 2.43. The van der Waals surface area contributed by atoms with Gasteiger partial charge in [0, 0.05) is 6.20 Å². The topological polar surface area (TPSA) is 122 Å². The third-order valence-electron chi connectivity index (χ3n) is 3.20. The minimum absolute atomic E-state index is 0.144. The molecule has 0 saturated carbocycles. The number of pyridine rings is 1. The van der Waals surface area contributed by atoms with Gasteiger partial charge in [-0.2, -0.15) is 0 Å². The van der Waals surface area contributed by atoms with Gasteiger partial charge >= 0.3 is 0 Å². The molecule has 0 aliphatic carbocycles. The number of aromatic nitrogens is 1. The van der Waals surface area contributed by atoms with E-state index in [2.05, 4.69) is 4.98 Å². The van der Waals surface area contributed by atoms with E-state index in [0.717, 1.165) is 4.31 Å². The summed E-state index contributed by atoms with van der Waals surface area (Å²) in [7, 11) is -3.63. The van der Waals surface area contributed by atoms with Crippen molar-refractivity contribution in [1.82, 2.24) is 14.7 Å². The average molecular weight is 298 g/mol. The Morgan fingerprint density at radius 1 is 1.45 bits per heavy atom. The van der Waals surface area contributed by atoms with Gasteiger partial charge in [0.2, 0.25) is 0 Å². The fourth-order valence-corrected chi connectivity index (χ4v) is 3.29. The lowest BCUT2D eigenvalue weighted by Crippen LogP contribution is -2.66. The van der Waals surface area contributed by atoms with Crippen LogP contribution in [0, 0.1) is 0 Å². The van der Waals surface area contributed by atoms with E-state index in [0.29, 0.717) is 5.69 Å². The van der Waals surface area contributed by atoms with E-state index in [4.69, 9.17) is 5.84 Å². The van der Waals surface area contributed by atoms with Crippen LogP contribution in [0.4, 0.5) is 0 Å². The molecule has 0 unspecified atom stereocenters. The summed E-state index contributed by atoms with van der Waals surface area (Å²) in [4.78, 5) is 26.9. The largest absolute Gasteiger partial charge is 0.290 e. The number of nitrogens with one attached hydrogen (secondary N) is 1. The number of hydrazine groups is 1. The van der Waals surface area contributed by atoms with E-state index in [1.54, 1.807) is 0 Å². The van der Waals surface area contributed by atoms with Gasteiger partial charge in [-0.1, -0.05) is 0 Å². The van der Waals surface area contributed by atoms with E-state index in [-0.39, 0.29) is 12.1 Å². The maximum absolute atomic E-state index is 11.9. The molecule has 1 fully saturated rings. The quantitative estimate of drug-likeness (QED) is 0.425. The molecule has 1 aromatic heterocycles. The number of carbonyl (C=O) groups is 2. The molecule has 1 saturated heterocycles. The van der Waals surface area contributed by atoms with Crippen LogP contribution in [-0.4, -0.2) is 34.3 Å². The molecule has 3 N–H and O–H groups in total. The van der Waals surface area contributed by atoms with Crippen LogP contribution in [0.5, 0.6) is 0 Å². The maximum Gasteiger partial charge on any atom is 0.266 e. The van der Waals surface area contributed by atoms with Crippen molar-refractivity contribution in [3.05, 3.63) is 29.6 Å². The number of nitrogens with zero attached hydrogens (tertiary/aromatic N) is 2. The zero-order valence-electron chi connectivity index (χ0n) is 11.0. The third kappa shape index (κ3) is 1.95. The highest BCUT2D eigenvalue weighted by molar-refractivity contribution is 7.94. The number of carbonyl (C=O) groups excluding carboxylic acids is 2. The molecule has 1 aliphatic rings. The molecule has 1 aliphatic heterocycles. The number of nitrogens with two attached hydrogens (primary N) is 1. The lowest BCUT2D eigenvalue weighted by Gasteiger charge is -2.42. The second-order valence-corrected chi connectivity index (χ2v) is 7.25. The highest BCUT2D eigenvalue weighted by Gasteiger charge is 2.59. The standard InChI is InChI=1S/C11H14N4O4S/c1-11(2)10(17)15(20(11,18)19)6-8-4-3-7(5-13-8)9(16)14-12/h3-5H,6,12H2,1-2H3,(H,14,16). The number of nitrogen functional groups attached to an aromatic ring is 1. The van der Waals surface area contributed by atoms with Gasteiger partial charge in [0.1, 0.15) is 0 Å². The fourth-order valence-electron chi connectivity index (χ4n) is 1.80. The van der Waals surface area contributed by atoms with Crippen LogP contribution >= 0.6 is 0 Å². The summed E-state index contributed by atoms with van der Waals surface area (Å²) < 4.78 is 23.2. The molecule has 9 heteroatoms. The summed E-state index contributed by atoms with van der Waals surface area (Å²) in [6, 6.07) is 2.92. The highest BCUT2D eigenvalue weighted by atomic mass is 32.2. The van der Waals surface area contributed by atoms with Gasteiger partial charge in [-0.15, -0.1) is 0 Å². The van der Waals surface area contributed by atoms with Gasteiger partial charge in [-0.3, -0.25) is 20.0 Å². The summed E-state index contributed by atoms with van der Waals surface area (Å²) in [5, 5.41) is 0. The minimum Gasteiger partial charge on any atom is -0.290 e. The molecule has 2 heterocycles. The number of amides is 2. The van der Waals surface area contributed by atoms with Crippen LogP contribution in [0.3, 0.4) is 0 Å². The lowest BCUT2D eigenvalue weighted by molar-refractivity contribution is -0.132. The Kier molecular flexibility index (Phi) is 3.26. The van der Waals surface area contributed by atoms with Crippen LogP contribution in [0.15, 0.2) is 18.3 Å². The van der Waals surface area contributed by atoms with Crippen LogP contribution in [-0.2, 0) is 21.4 Å². The van der Waals surface area contributed by atoms with Crippen molar-refractivity contribution >= 4 is 21.8 Å². The molecule has 0 spiro atoms. The molecule has 20 heavy (non-hydrogen) atoms. The first-order chi connectivity index (χ1) is 9.21. The van der Waals surface area contributed by atoms with Crippen molar-refractivity contribution in [2.24, 2.45) is 5.84 Å². The normalized spacial score (nSPS) is 19.4. The molecule has 8 nitrogen and oxygen atoms in total. The van der Waals surface area contributed by atoms with Crippen LogP contribution < -0.4 is 11.3 Å². The van der Waals surface area contributed by atoms with Crippen molar-refractivity contribution in [3.8, 4) is 0 Å². The minimum atomic E-state index is -3.63. The second kappa shape index (κ2) is 4.53. The monoisotopic (exact) mass is 298 g/mol. The van der Waals surface area contributed by atoms with E-state index in [9.17, 15) is 18.0 Å². The number of rotatable bonds is 3. The highest BCUT2D eigenvalue weighted by Crippen LogP contribution is 2.35. The molecule has 0 bridgehead atoms. The fraction of sp³-hybridized carbons (Fsp3) is 0.364. The molecule has 1 aromatic rings. The molecule has 0 atom stereocenters. The van der Waals surface area contributed by atoms with Gasteiger partial charge in [0.25, 0.3) is 21.8 Å². The molecule has 0 radical (unpaired) electrons. The molecular weight excluding hydrogens is 284 g/mol. The van der Waals surface area contributed by atoms with Crippen LogP contribution in [0.2, 0.25) is 0 Å². The smallest absolute Gasteiger partial charge is 0.266 e. The SMILES string of the molecule is CC1(C)C(=O)N(Cc2ccc(C(=O)NN)cn2)S1(=O)=O. The van der Waals surface area contributed by atoms with Crippen LogP contribution in [0.25, 0.3) is 0 Å². The first-order valence-corrected chi connectivity index (χ1v) is 7.18. The number of hydrogen-bond acceptors (Lipinski definition) is 6. The Bertz CT molecular complexity index is 666. The van der Waals surface area contributed by atoms with Gasteiger partial charge in [0.15, 0.2) is 4.75 Å². The molecule has 0 aromatic carbocycles. The van der Waals surface area contributed by atoms with E-state index < -0.39 is 26.6 Å². The van der Waals surface area contributed by atoms with Gasteiger partial charge in [0.05, 0.1) is 17.8 Å². The predicted octanol–water partition coefficient (Wildman–Crippen LogP) is -0.864.